The zero-order chi connectivity index (χ0) is 21.8. The Morgan fingerprint density at radius 1 is 1.21 bits per heavy atom. The van der Waals surface area contributed by atoms with Gasteiger partial charge in [0, 0.05) is 11.1 Å². The number of rotatable bonds is 8. The third kappa shape index (κ3) is 6.04. The van der Waals surface area contributed by atoms with E-state index in [1.54, 1.807) is 18.2 Å². The van der Waals surface area contributed by atoms with Crippen LogP contribution in [0.1, 0.15) is 12.5 Å². The van der Waals surface area contributed by atoms with Crippen LogP contribution in [0.25, 0.3) is 0 Å². The van der Waals surface area contributed by atoms with Crippen LogP contribution in [-0.4, -0.2) is 39.8 Å². The van der Waals surface area contributed by atoms with Crippen LogP contribution >= 0.6 is 11.6 Å². The van der Waals surface area contributed by atoms with Crippen molar-refractivity contribution >= 4 is 33.2 Å². The maximum absolute atomic E-state index is 13.5. The number of benzene rings is 2. The molecular formula is C19H21ClF2N2O4S. The second-order valence-corrected chi connectivity index (χ2v) is 8.65. The van der Waals surface area contributed by atoms with Gasteiger partial charge in [0.05, 0.1) is 18.5 Å². The lowest BCUT2D eigenvalue weighted by molar-refractivity contribution is -0.121. The molecule has 0 bridgehead atoms. The Bertz CT molecular complexity index is 1000. The SMILES string of the molecule is Cc1ccc(OCCNC(=O)[C@H](C)N(c2ccc(F)c(F)c2)S(C)(=O)=O)cc1Cl. The second kappa shape index (κ2) is 9.41. The molecule has 0 unspecified atom stereocenters. The molecule has 0 aliphatic carbocycles. The summed E-state index contributed by atoms with van der Waals surface area (Å²) in [5, 5.41) is 3.11. The summed E-state index contributed by atoms with van der Waals surface area (Å²) in [5.74, 6) is -2.42. The molecular weight excluding hydrogens is 426 g/mol. The summed E-state index contributed by atoms with van der Waals surface area (Å²) >= 11 is 6.01. The van der Waals surface area contributed by atoms with E-state index in [0.29, 0.717) is 10.8 Å². The molecule has 0 saturated carbocycles. The summed E-state index contributed by atoms with van der Waals surface area (Å²) < 4.78 is 57.2. The summed E-state index contributed by atoms with van der Waals surface area (Å²) in [7, 11) is -3.94. The number of amides is 1. The number of sulfonamides is 1. The molecule has 2 aromatic rings. The number of nitrogens with one attached hydrogen (secondary N) is 1. The summed E-state index contributed by atoms with van der Waals surface area (Å²) in [6, 6.07) is 6.61. The molecule has 1 amide bonds. The highest BCUT2D eigenvalue weighted by Crippen LogP contribution is 2.23. The maximum Gasteiger partial charge on any atom is 0.243 e. The first-order valence-corrected chi connectivity index (χ1v) is 10.8. The molecule has 29 heavy (non-hydrogen) atoms. The molecule has 0 aliphatic heterocycles. The Morgan fingerprint density at radius 3 is 2.48 bits per heavy atom. The average molecular weight is 447 g/mol. The van der Waals surface area contributed by atoms with Crippen LogP contribution in [0.5, 0.6) is 5.75 Å². The van der Waals surface area contributed by atoms with Crippen LogP contribution in [0.3, 0.4) is 0 Å². The topological polar surface area (TPSA) is 75.7 Å². The van der Waals surface area contributed by atoms with Gasteiger partial charge < -0.3 is 10.1 Å². The summed E-state index contributed by atoms with van der Waals surface area (Å²) in [5.41, 5.74) is 0.749. The van der Waals surface area contributed by atoms with E-state index >= 15 is 0 Å². The predicted octanol–water partition coefficient (Wildman–Crippen LogP) is 3.28. The van der Waals surface area contributed by atoms with Crippen LogP contribution in [-0.2, 0) is 14.8 Å². The minimum Gasteiger partial charge on any atom is -0.492 e. The molecule has 1 N–H and O–H groups in total. The fourth-order valence-electron chi connectivity index (χ4n) is 2.59. The Morgan fingerprint density at radius 2 is 1.90 bits per heavy atom. The first kappa shape index (κ1) is 22.9. The van der Waals surface area contributed by atoms with Gasteiger partial charge in [-0.05, 0) is 43.7 Å². The van der Waals surface area contributed by atoms with E-state index in [1.165, 1.54) is 6.92 Å². The second-order valence-electron chi connectivity index (χ2n) is 6.38. The Hall–Kier alpha value is -2.39. The molecule has 158 valence electrons. The van der Waals surface area contributed by atoms with Gasteiger partial charge in [0.15, 0.2) is 11.6 Å². The van der Waals surface area contributed by atoms with Gasteiger partial charge in [-0.1, -0.05) is 17.7 Å². The third-order valence-electron chi connectivity index (χ3n) is 4.06. The molecule has 0 radical (unpaired) electrons. The molecule has 2 aromatic carbocycles. The third-order valence-corrected chi connectivity index (χ3v) is 5.71. The minimum atomic E-state index is -3.94. The fraction of sp³-hybridized carbons (Fsp3) is 0.316. The van der Waals surface area contributed by atoms with Crippen molar-refractivity contribution in [2.75, 3.05) is 23.7 Å². The Balaban J connectivity index is 2.01. The van der Waals surface area contributed by atoms with Gasteiger partial charge >= 0.3 is 0 Å². The van der Waals surface area contributed by atoms with E-state index < -0.39 is 33.6 Å². The van der Waals surface area contributed by atoms with E-state index in [1.807, 2.05) is 6.92 Å². The molecule has 10 heteroatoms. The van der Waals surface area contributed by atoms with Crippen LogP contribution in [0.4, 0.5) is 14.5 Å². The van der Waals surface area contributed by atoms with Crippen LogP contribution in [0.15, 0.2) is 36.4 Å². The van der Waals surface area contributed by atoms with E-state index in [9.17, 15) is 22.0 Å². The van der Waals surface area contributed by atoms with Crippen molar-refractivity contribution in [3.8, 4) is 5.75 Å². The Labute approximate surface area is 173 Å². The first-order chi connectivity index (χ1) is 13.5. The smallest absolute Gasteiger partial charge is 0.243 e. The number of hydrogen-bond acceptors (Lipinski definition) is 4. The largest absolute Gasteiger partial charge is 0.492 e. The van der Waals surface area contributed by atoms with Gasteiger partial charge in [-0.2, -0.15) is 0 Å². The highest BCUT2D eigenvalue weighted by molar-refractivity contribution is 7.92. The van der Waals surface area contributed by atoms with E-state index in [4.69, 9.17) is 16.3 Å². The number of carbonyl (C=O) groups excluding carboxylic acids is 1. The number of halogens is 3. The monoisotopic (exact) mass is 446 g/mol. The summed E-state index contributed by atoms with van der Waals surface area (Å²) in [6.45, 7) is 3.43. The van der Waals surface area contributed by atoms with Crippen molar-refractivity contribution in [3.05, 3.63) is 58.6 Å². The van der Waals surface area contributed by atoms with Crippen LogP contribution < -0.4 is 14.4 Å². The van der Waals surface area contributed by atoms with Crippen LogP contribution in [0.2, 0.25) is 5.02 Å². The Kier molecular flexibility index (Phi) is 7.43. The maximum atomic E-state index is 13.5. The molecule has 1 atom stereocenters. The van der Waals surface area contributed by atoms with Crippen LogP contribution in [0, 0.1) is 18.6 Å². The quantitative estimate of drug-likeness (QED) is 0.631. The van der Waals surface area contributed by atoms with E-state index in [2.05, 4.69) is 5.32 Å². The lowest BCUT2D eigenvalue weighted by Gasteiger charge is -2.28. The number of hydrogen-bond donors (Lipinski definition) is 1. The number of ether oxygens (including phenoxy) is 1. The van der Waals surface area contributed by atoms with Gasteiger partial charge in [-0.15, -0.1) is 0 Å². The molecule has 6 nitrogen and oxygen atoms in total. The zero-order valence-electron chi connectivity index (χ0n) is 16.1. The van der Waals surface area contributed by atoms with Crippen molar-refractivity contribution in [2.45, 2.75) is 19.9 Å². The average Bonchev–Trinajstić information content (AvgIpc) is 2.63. The van der Waals surface area contributed by atoms with Gasteiger partial charge in [-0.25, -0.2) is 17.2 Å². The number of aryl methyl sites for hydroxylation is 1. The normalized spacial score (nSPS) is 12.3. The van der Waals surface area contributed by atoms with Crippen molar-refractivity contribution in [1.29, 1.82) is 0 Å². The van der Waals surface area contributed by atoms with E-state index in [-0.39, 0.29) is 18.8 Å². The molecule has 0 fully saturated rings. The van der Waals surface area contributed by atoms with Crippen molar-refractivity contribution in [2.24, 2.45) is 0 Å². The van der Waals surface area contributed by atoms with Crippen molar-refractivity contribution in [3.63, 3.8) is 0 Å². The van der Waals surface area contributed by atoms with Gasteiger partial charge in [-0.3, -0.25) is 9.10 Å². The van der Waals surface area contributed by atoms with Gasteiger partial charge in [0.25, 0.3) is 0 Å². The number of carbonyl (C=O) groups is 1. The van der Waals surface area contributed by atoms with Crippen molar-refractivity contribution in [1.82, 2.24) is 5.32 Å². The summed E-state index contributed by atoms with van der Waals surface area (Å²) in [4.78, 5) is 12.4. The lowest BCUT2D eigenvalue weighted by atomic mass is 10.2. The molecule has 0 heterocycles. The number of nitrogens with zero attached hydrogens (tertiary/aromatic N) is 1. The van der Waals surface area contributed by atoms with Gasteiger partial charge in [0.2, 0.25) is 15.9 Å². The first-order valence-electron chi connectivity index (χ1n) is 8.62. The summed E-state index contributed by atoms with van der Waals surface area (Å²) in [6.07, 6.45) is 0.877. The number of anilines is 1. The molecule has 0 aliphatic rings. The predicted molar refractivity (Wildman–Crippen MR) is 108 cm³/mol. The molecule has 0 saturated heterocycles. The van der Waals surface area contributed by atoms with Crippen molar-refractivity contribution < 1.29 is 26.7 Å². The van der Waals surface area contributed by atoms with E-state index in [0.717, 1.165) is 34.3 Å². The minimum absolute atomic E-state index is 0.101. The molecule has 0 spiro atoms. The lowest BCUT2D eigenvalue weighted by Crippen LogP contribution is -2.48. The zero-order valence-corrected chi connectivity index (χ0v) is 17.7. The highest BCUT2D eigenvalue weighted by Gasteiger charge is 2.29. The highest BCUT2D eigenvalue weighted by atomic mass is 35.5. The standard InChI is InChI=1S/C19H21ClF2N2O4S/c1-12-4-6-15(11-16(12)20)28-9-8-23-19(25)13(2)24(29(3,26)27)14-5-7-17(21)18(22)10-14/h4-7,10-11,13H,8-9H2,1-3H3,(H,23,25)/t13-/m0/s1. The van der Waals surface area contributed by atoms with Gasteiger partial charge in [0.1, 0.15) is 18.4 Å². The molecule has 2 rings (SSSR count). The molecule has 0 aromatic heterocycles. The fourth-order valence-corrected chi connectivity index (χ4v) is 3.92.